The van der Waals surface area contributed by atoms with Crippen LogP contribution in [0.25, 0.3) is 0 Å². The molecule has 0 aromatic heterocycles. The second-order valence-corrected chi connectivity index (χ2v) is 6.29. The largest absolute Gasteiger partial charge is 0.317 e. The van der Waals surface area contributed by atoms with E-state index < -0.39 is 0 Å². The van der Waals surface area contributed by atoms with Gasteiger partial charge in [-0.1, -0.05) is 6.07 Å². The van der Waals surface area contributed by atoms with Gasteiger partial charge in [0.1, 0.15) is 0 Å². The predicted octanol–water partition coefficient (Wildman–Crippen LogP) is 2.58. The fraction of sp³-hybridized carbons (Fsp3) is 0.467. The Kier molecular flexibility index (Phi) is 3.65. The van der Waals surface area contributed by atoms with Gasteiger partial charge in [-0.3, -0.25) is 14.5 Å². The smallest absolute Gasteiger partial charge is 0.262 e. The van der Waals surface area contributed by atoms with Crippen LogP contribution in [0.15, 0.2) is 22.7 Å². The number of carbonyl (C=O) groups excluding carboxylic acids is 2. The summed E-state index contributed by atoms with van der Waals surface area (Å²) >= 11 is 3.38. The molecule has 1 fully saturated rings. The Morgan fingerprint density at radius 2 is 1.85 bits per heavy atom. The number of hydrogen-bond acceptors (Lipinski definition) is 3. The monoisotopic (exact) mass is 336 g/mol. The van der Waals surface area contributed by atoms with Gasteiger partial charge in [0.05, 0.1) is 11.1 Å². The van der Waals surface area contributed by atoms with E-state index in [4.69, 9.17) is 0 Å². The van der Waals surface area contributed by atoms with E-state index in [1.807, 2.05) is 13.1 Å². The van der Waals surface area contributed by atoms with E-state index in [1.54, 1.807) is 12.1 Å². The summed E-state index contributed by atoms with van der Waals surface area (Å²) in [6.45, 7) is 0. The van der Waals surface area contributed by atoms with Gasteiger partial charge in [0, 0.05) is 16.6 Å². The van der Waals surface area contributed by atoms with Crippen LogP contribution in [-0.2, 0) is 0 Å². The van der Waals surface area contributed by atoms with Gasteiger partial charge in [-0.25, -0.2) is 0 Å². The molecule has 106 valence electrons. The summed E-state index contributed by atoms with van der Waals surface area (Å²) < 4.78 is 0.708. The van der Waals surface area contributed by atoms with Gasteiger partial charge >= 0.3 is 0 Å². The standard InChI is InChI=1S/C15H17BrN2O2/c1-17-9-5-7-10(8-6-9)18-14(19)11-3-2-4-12(16)13(11)15(18)20/h2-4,9-10,17H,5-8H2,1H3. The van der Waals surface area contributed by atoms with Gasteiger partial charge in [0.2, 0.25) is 0 Å². The minimum Gasteiger partial charge on any atom is -0.317 e. The molecule has 0 radical (unpaired) electrons. The van der Waals surface area contributed by atoms with Gasteiger partial charge in [-0.15, -0.1) is 0 Å². The predicted molar refractivity (Wildman–Crippen MR) is 79.7 cm³/mol. The minimum atomic E-state index is -0.148. The summed E-state index contributed by atoms with van der Waals surface area (Å²) in [5.74, 6) is -0.287. The van der Waals surface area contributed by atoms with Crippen molar-refractivity contribution in [2.24, 2.45) is 0 Å². The first-order valence-electron chi connectivity index (χ1n) is 6.97. The van der Waals surface area contributed by atoms with Crippen molar-refractivity contribution < 1.29 is 9.59 Å². The van der Waals surface area contributed by atoms with E-state index in [1.165, 1.54) is 4.90 Å². The van der Waals surface area contributed by atoms with Gasteiger partial charge < -0.3 is 5.32 Å². The third-order valence-corrected chi connectivity index (χ3v) is 5.03. The van der Waals surface area contributed by atoms with Crippen molar-refractivity contribution in [1.29, 1.82) is 0 Å². The second kappa shape index (κ2) is 5.30. The number of fused-ring (bicyclic) bond motifs is 1. The maximum Gasteiger partial charge on any atom is 0.262 e. The van der Waals surface area contributed by atoms with Crippen molar-refractivity contribution in [1.82, 2.24) is 10.2 Å². The lowest BCUT2D eigenvalue weighted by Crippen LogP contribution is -2.44. The summed E-state index contributed by atoms with van der Waals surface area (Å²) in [6.07, 6.45) is 3.79. The molecule has 4 nitrogen and oxygen atoms in total. The first-order chi connectivity index (χ1) is 9.63. The summed E-state index contributed by atoms with van der Waals surface area (Å²) in [7, 11) is 1.96. The van der Waals surface area contributed by atoms with E-state index in [2.05, 4.69) is 21.2 Å². The van der Waals surface area contributed by atoms with Gasteiger partial charge in [0.15, 0.2) is 0 Å². The second-order valence-electron chi connectivity index (χ2n) is 5.44. The van der Waals surface area contributed by atoms with Crippen molar-refractivity contribution in [3.8, 4) is 0 Å². The molecule has 0 atom stereocenters. The zero-order valence-corrected chi connectivity index (χ0v) is 12.9. The summed E-state index contributed by atoms with van der Waals surface area (Å²) in [5.41, 5.74) is 1.05. The lowest BCUT2D eigenvalue weighted by molar-refractivity contribution is 0.0539. The zero-order valence-electron chi connectivity index (χ0n) is 11.4. The molecule has 1 heterocycles. The van der Waals surface area contributed by atoms with E-state index >= 15 is 0 Å². The number of nitrogens with one attached hydrogen (secondary N) is 1. The van der Waals surface area contributed by atoms with Crippen LogP contribution in [-0.4, -0.2) is 35.8 Å². The molecule has 2 aliphatic rings. The van der Waals surface area contributed by atoms with Crippen LogP contribution in [0.3, 0.4) is 0 Å². The van der Waals surface area contributed by atoms with Crippen LogP contribution in [0.5, 0.6) is 0 Å². The highest BCUT2D eigenvalue weighted by Gasteiger charge is 2.41. The van der Waals surface area contributed by atoms with E-state index in [9.17, 15) is 9.59 Å². The number of carbonyl (C=O) groups is 2. The average Bonchev–Trinajstić information content (AvgIpc) is 2.72. The van der Waals surface area contributed by atoms with Gasteiger partial charge in [0.25, 0.3) is 11.8 Å². The molecular formula is C15H17BrN2O2. The van der Waals surface area contributed by atoms with E-state index in [0.29, 0.717) is 21.6 Å². The molecule has 1 aliphatic heterocycles. The number of imide groups is 1. The molecule has 3 rings (SSSR count). The minimum absolute atomic E-state index is 0.0406. The zero-order chi connectivity index (χ0) is 14.3. The molecule has 0 bridgehead atoms. The van der Waals surface area contributed by atoms with Crippen LogP contribution in [0, 0.1) is 0 Å². The average molecular weight is 337 g/mol. The third kappa shape index (κ3) is 2.09. The number of halogens is 1. The quantitative estimate of drug-likeness (QED) is 0.844. The normalized spacial score (nSPS) is 26.0. The summed E-state index contributed by atoms with van der Waals surface area (Å²) in [4.78, 5) is 26.5. The Labute approximate surface area is 126 Å². The topological polar surface area (TPSA) is 49.4 Å². The highest BCUT2D eigenvalue weighted by molar-refractivity contribution is 9.10. The number of rotatable bonds is 2. The van der Waals surface area contributed by atoms with Gasteiger partial charge in [-0.2, -0.15) is 0 Å². The summed E-state index contributed by atoms with van der Waals surface area (Å²) in [6, 6.07) is 5.90. The molecule has 1 aliphatic carbocycles. The molecule has 1 saturated carbocycles. The van der Waals surface area contributed by atoms with Crippen molar-refractivity contribution >= 4 is 27.7 Å². The van der Waals surface area contributed by atoms with Crippen LogP contribution < -0.4 is 5.32 Å². The van der Waals surface area contributed by atoms with E-state index in [0.717, 1.165) is 25.7 Å². The van der Waals surface area contributed by atoms with Crippen molar-refractivity contribution in [3.63, 3.8) is 0 Å². The highest BCUT2D eigenvalue weighted by atomic mass is 79.9. The molecule has 5 heteroatoms. The lowest BCUT2D eigenvalue weighted by atomic mass is 9.90. The first kappa shape index (κ1) is 13.8. The first-order valence-corrected chi connectivity index (χ1v) is 7.76. The van der Waals surface area contributed by atoms with Crippen LogP contribution >= 0.6 is 15.9 Å². The fourth-order valence-electron chi connectivity index (χ4n) is 3.22. The SMILES string of the molecule is CNC1CCC(N2C(=O)c3cccc(Br)c3C2=O)CC1. The van der Waals surface area contributed by atoms with Crippen molar-refractivity contribution in [2.45, 2.75) is 37.8 Å². The molecule has 20 heavy (non-hydrogen) atoms. The number of amides is 2. The molecule has 1 aromatic rings. The maximum atomic E-state index is 12.5. The Morgan fingerprint density at radius 3 is 2.45 bits per heavy atom. The Hall–Kier alpha value is -1.20. The third-order valence-electron chi connectivity index (χ3n) is 4.37. The number of hydrogen-bond donors (Lipinski definition) is 1. The van der Waals surface area contributed by atoms with Gasteiger partial charge in [-0.05, 0) is 60.8 Å². The van der Waals surface area contributed by atoms with E-state index in [-0.39, 0.29) is 17.9 Å². The van der Waals surface area contributed by atoms with Crippen LogP contribution in [0.1, 0.15) is 46.4 Å². The summed E-state index contributed by atoms with van der Waals surface area (Å²) in [5, 5.41) is 3.27. The van der Waals surface area contributed by atoms with Crippen LogP contribution in [0.4, 0.5) is 0 Å². The maximum absolute atomic E-state index is 12.5. The number of benzene rings is 1. The molecule has 0 saturated heterocycles. The lowest BCUT2D eigenvalue weighted by Gasteiger charge is -2.33. The molecule has 0 unspecified atom stereocenters. The molecule has 1 aromatic carbocycles. The molecule has 0 spiro atoms. The molecular weight excluding hydrogens is 320 g/mol. The molecule has 2 amide bonds. The van der Waals surface area contributed by atoms with Crippen molar-refractivity contribution in [3.05, 3.63) is 33.8 Å². The Bertz CT molecular complexity index is 565. The molecule has 1 N–H and O–H groups in total. The Morgan fingerprint density at radius 1 is 1.15 bits per heavy atom. The number of nitrogens with zero attached hydrogens (tertiary/aromatic N) is 1. The Balaban J connectivity index is 1.86. The van der Waals surface area contributed by atoms with Crippen molar-refractivity contribution in [2.75, 3.05) is 7.05 Å². The fourth-order valence-corrected chi connectivity index (χ4v) is 3.75. The van der Waals surface area contributed by atoms with Crippen LogP contribution in [0.2, 0.25) is 0 Å². The highest BCUT2D eigenvalue weighted by Crippen LogP contribution is 2.34.